The van der Waals surface area contributed by atoms with E-state index in [-0.39, 0.29) is 5.82 Å². The van der Waals surface area contributed by atoms with Gasteiger partial charge in [-0.15, -0.1) is 6.58 Å². The van der Waals surface area contributed by atoms with Gasteiger partial charge in [0.25, 0.3) is 0 Å². The zero-order chi connectivity index (χ0) is 12.7. The molecule has 0 heterocycles. The molecule has 0 atom stereocenters. The van der Waals surface area contributed by atoms with Crippen LogP contribution >= 0.6 is 0 Å². The molecule has 0 aliphatic carbocycles. The number of benzene rings is 1. The van der Waals surface area contributed by atoms with Crippen molar-refractivity contribution in [1.82, 2.24) is 5.32 Å². The first-order chi connectivity index (χ1) is 8.13. The van der Waals surface area contributed by atoms with Crippen LogP contribution in [0.1, 0.15) is 25.8 Å². The van der Waals surface area contributed by atoms with Crippen molar-refractivity contribution in [2.24, 2.45) is 0 Å². The zero-order valence-corrected chi connectivity index (χ0v) is 10.5. The largest absolute Gasteiger partial charge is 0.490 e. The number of hydrogen-bond acceptors (Lipinski definition) is 2. The first-order valence-corrected chi connectivity index (χ1v) is 5.89. The lowest BCUT2D eigenvalue weighted by atomic mass is 10.2. The molecule has 0 aliphatic rings. The van der Waals surface area contributed by atoms with Crippen molar-refractivity contribution in [3.63, 3.8) is 0 Å². The van der Waals surface area contributed by atoms with Crippen LogP contribution in [0.3, 0.4) is 0 Å². The fraction of sp³-hybridized carbons (Fsp3) is 0.429. The zero-order valence-electron chi connectivity index (χ0n) is 10.5. The fourth-order valence-corrected chi connectivity index (χ4v) is 1.35. The highest BCUT2D eigenvalue weighted by molar-refractivity contribution is 5.29. The standard InChI is InChI=1S/C14H20FNO/c1-4-5-8-17-14-7-6-12(9-13(14)15)10-16-11(2)3/h4,6-7,9,11,16H,1,5,8,10H2,2-3H3. The maximum atomic E-state index is 13.6. The Balaban J connectivity index is 2.56. The highest BCUT2D eigenvalue weighted by Crippen LogP contribution is 2.18. The molecule has 0 aliphatic heterocycles. The van der Waals surface area contributed by atoms with Crippen LogP contribution < -0.4 is 10.1 Å². The van der Waals surface area contributed by atoms with Gasteiger partial charge >= 0.3 is 0 Å². The third-order valence-electron chi connectivity index (χ3n) is 2.29. The summed E-state index contributed by atoms with van der Waals surface area (Å²) in [6.07, 6.45) is 2.47. The topological polar surface area (TPSA) is 21.3 Å². The Hall–Kier alpha value is -1.35. The average molecular weight is 237 g/mol. The van der Waals surface area contributed by atoms with E-state index in [0.717, 1.165) is 12.0 Å². The molecule has 0 spiro atoms. The number of rotatable bonds is 7. The number of nitrogens with one attached hydrogen (secondary N) is 1. The molecule has 0 aromatic heterocycles. The second-order valence-corrected chi connectivity index (χ2v) is 4.23. The number of halogens is 1. The van der Waals surface area contributed by atoms with E-state index in [9.17, 15) is 4.39 Å². The van der Waals surface area contributed by atoms with Gasteiger partial charge in [0, 0.05) is 12.6 Å². The molecule has 0 saturated heterocycles. The van der Waals surface area contributed by atoms with Gasteiger partial charge < -0.3 is 10.1 Å². The fourth-order valence-electron chi connectivity index (χ4n) is 1.35. The van der Waals surface area contributed by atoms with E-state index in [1.54, 1.807) is 12.1 Å². The van der Waals surface area contributed by atoms with Gasteiger partial charge in [-0.05, 0) is 24.1 Å². The van der Waals surface area contributed by atoms with Crippen LogP contribution in [0.15, 0.2) is 30.9 Å². The maximum absolute atomic E-state index is 13.6. The van der Waals surface area contributed by atoms with Crippen LogP contribution in [0, 0.1) is 5.82 Å². The van der Waals surface area contributed by atoms with Crippen LogP contribution in [-0.2, 0) is 6.54 Å². The minimum atomic E-state index is -0.308. The third-order valence-corrected chi connectivity index (χ3v) is 2.29. The van der Waals surface area contributed by atoms with Crippen molar-refractivity contribution >= 4 is 0 Å². The maximum Gasteiger partial charge on any atom is 0.165 e. The molecular weight excluding hydrogens is 217 g/mol. The van der Waals surface area contributed by atoms with E-state index in [2.05, 4.69) is 25.7 Å². The van der Waals surface area contributed by atoms with Gasteiger partial charge in [-0.1, -0.05) is 26.0 Å². The Labute approximate surface area is 102 Å². The molecule has 0 bridgehead atoms. The van der Waals surface area contributed by atoms with Crippen LogP contribution in [0.25, 0.3) is 0 Å². The summed E-state index contributed by atoms with van der Waals surface area (Å²) in [6.45, 7) is 8.83. The molecule has 1 N–H and O–H groups in total. The van der Waals surface area contributed by atoms with E-state index >= 15 is 0 Å². The molecule has 3 heteroatoms. The summed E-state index contributed by atoms with van der Waals surface area (Å²) in [5.41, 5.74) is 0.923. The molecule has 1 rings (SSSR count). The summed E-state index contributed by atoms with van der Waals surface area (Å²) in [5, 5.41) is 3.24. The molecule has 0 saturated carbocycles. The molecule has 94 valence electrons. The Morgan fingerprint density at radius 3 is 2.82 bits per heavy atom. The Kier molecular flexibility index (Phi) is 5.70. The molecule has 17 heavy (non-hydrogen) atoms. The lowest BCUT2D eigenvalue weighted by molar-refractivity contribution is 0.308. The normalized spacial score (nSPS) is 10.6. The SMILES string of the molecule is C=CCCOc1ccc(CNC(C)C)cc1F. The molecule has 0 fully saturated rings. The van der Waals surface area contributed by atoms with Gasteiger partial charge in [0.05, 0.1) is 6.61 Å². The monoisotopic (exact) mass is 237 g/mol. The molecule has 0 radical (unpaired) electrons. The predicted octanol–water partition coefficient (Wildman–Crippen LogP) is 3.28. The van der Waals surface area contributed by atoms with E-state index in [0.29, 0.717) is 24.9 Å². The Morgan fingerprint density at radius 1 is 1.47 bits per heavy atom. The summed E-state index contributed by atoms with van der Waals surface area (Å²) in [4.78, 5) is 0. The van der Waals surface area contributed by atoms with Crippen LogP contribution in [0.5, 0.6) is 5.75 Å². The first-order valence-electron chi connectivity index (χ1n) is 5.89. The Morgan fingerprint density at radius 2 is 2.24 bits per heavy atom. The van der Waals surface area contributed by atoms with E-state index in [4.69, 9.17) is 4.74 Å². The molecule has 0 amide bonds. The van der Waals surface area contributed by atoms with E-state index in [1.165, 1.54) is 6.07 Å². The lowest BCUT2D eigenvalue weighted by Gasteiger charge is -2.10. The number of ether oxygens (including phenoxy) is 1. The Bertz CT molecular complexity index is 363. The highest BCUT2D eigenvalue weighted by Gasteiger charge is 2.04. The third kappa shape index (κ3) is 5.00. The van der Waals surface area contributed by atoms with Gasteiger partial charge in [0.2, 0.25) is 0 Å². The summed E-state index contributed by atoms with van der Waals surface area (Å²) >= 11 is 0. The predicted molar refractivity (Wildman–Crippen MR) is 68.7 cm³/mol. The summed E-state index contributed by atoms with van der Waals surface area (Å²) < 4.78 is 18.9. The minimum absolute atomic E-state index is 0.306. The van der Waals surface area contributed by atoms with Crippen LogP contribution in [-0.4, -0.2) is 12.6 Å². The van der Waals surface area contributed by atoms with Crippen LogP contribution in [0.2, 0.25) is 0 Å². The van der Waals surface area contributed by atoms with Crippen molar-refractivity contribution in [1.29, 1.82) is 0 Å². The van der Waals surface area contributed by atoms with Crippen molar-refractivity contribution in [3.8, 4) is 5.75 Å². The molecular formula is C14H20FNO. The van der Waals surface area contributed by atoms with Crippen LogP contribution in [0.4, 0.5) is 4.39 Å². The van der Waals surface area contributed by atoms with Crippen molar-refractivity contribution in [3.05, 3.63) is 42.2 Å². The second-order valence-electron chi connectivity index (χ2n) is 4.23. The van der Waals surface area contributed by atoms with Gasteiger partial charge in [-0.3, -0.25) is 0 Å². The van der Waals surface area contributed by atoms with Crippen molar-refractivity contribution in [2.75, 3.05) is 6.61 Å². The highest BCUT2D eigenvalue weighted by atomic mass is 19.1. The van der Waals surface area contributed by atoms with Crippen molar-refractivity contribution in [2.45, 2.75) is 32.9 Å². The summed E-state index contributed by atoms with van der Waals surface area (Å²) in [7, 11) is 0. The average Bonchev–Trinajstić information content (AvgIpc) is 2.29. The van der Waals surface area contributed by atoms with E-state index in [1.807, 2.05) is 6.07 Å². The molecule has 0 unspecified atom stereocenters. The number of hydrogen-bond donors (Lipinski definition) is 1. The first kappa shape index (κ1) is 13.7. The molecule has 1 aromatic carbocycles. The van der Waals surface area contributed by atoms with Gasteiger partial charge in [0.1, 0.15) is 0 Å². The summed E-state index contributed by atoms with van der Waals surface area (Å²) in [5.74, 6) is -0.00253. The molecule has 1 aromatic rings. The lowest BCUT2D eigenvalue weighted by Crippen LogP contribution is -2.21. The molecule has 2 nitrogen and oxygen atoms in total. The van der Waals surface area contributed by atoms with Gasteiger partial charge in [-0.2, -0.15) is 0 Å². The smallest absolute Gasteiger partial charge is 0.165 e. The second kappa shape index (κ2) is 7.07. The summed E-state index contributed by atoms with van der Waals surface area (Å²) in [6, 6.07) is 5.46. The van der Waals surface area contributed by atoms with Crippen molar-refractivity contribution < 1.29 is 9.13 Å². The van der Waals surface area contributed by atoms with E-state index < -0.39 is 0 Å². The quantitative estimate of drug-likeness (QED) is 0.580. The minimum Gasteiger partial charge on any atom is -0.490 e. The van der Waals surface area contributed by atoms with Gasteiger partial charge in [-0.25, -0.2) is 4.39 Å². The van der Waals surface area contributed by atoms with Gasteiger partial charge in [0.15, 0.2) is 11.6 Å².